The van der Waals surface area contributed by atoms with Crippen LogP contribution in [-0.2, 0) is 0 Å². The van der Waals surface area contributed by atoms with Crippen molar-refractivity contribution in [3.63, 3.8) is 0 Å². The minimum atomic E-state index is -0.233. The normalized spacial score (nSPS) is 11.5. The zero-order valence-corrected chi connectivity index (χ0v) is 18.6. The Morgan fingerprint density at radius 1 is 1.06 bits per heavy atom. The van der Waals surface area contributed by atoms with Crippen LogP contribution in [0.4, 0.5) is 0 Å². The third-order valence-corrected chi connectivity index (χ3v) is 5.61. The lowest BCUT2D eigenvalue weighted by molar-refractivity contribution is 0.324. The molecule has 0 fully saturated rings. The minimum Gasteiger partial charge on any atom is -0.493 e. The van der Waals surface area contributed by atoms with Crippen LogP contribution in [0.3, 0.4) is 0 Å². The quantitative estimate of drug-likeness (QED) is 0.381. The molecule has 9 heteroatoms. The molecule has 0 saturated carbocycles. The highest BCUT2D eigenvalue weighted by Gasteiger charge is 2.18. The average Bonchev–Trinajstić information content (AvgIpc) is 3.36. The van der Waals surface area contributed by atoms with Crippen LogP contribution in [0.1, 0.15) is 5.56 Å². The van der Waals surface area contributed by atoms with Crippen molar-refractivity contribution >= 4 is 22.4 Å². The molecule has 0 aliphatic heterocycles. The van der Waals surface area contributed by atoms with Gasteiger partial charge in [0, 0.05) is 5.56 Å². The lowest BCUT2D eigenvalue weighted by Gasteiger charge is -2.12. The second kappa shape index (κ2) is 9.11. The van der Waals surface area contributed by atoms with Gasteiger partial charge < -0.3 is 18.9 Å². The van der Waals surface area contributed by atoms with Gasteiger partial charge in [-0.2, -0.15) is 9.50 Å². The van der Waals surface area contributed by atoms with Crippen LogP contribution < -0.4 is 29.0 Å². The summed E-state index contributed by atoms with van der Waals surface area (Å²) < 4.78 is 23.5. The van der Waals surface area contributed by atoms with Crippen LogP contribution in [0.5, 0.6) is 23.0 Å². The first-order chi connectivity index (χ1) is 15.6. The van der Waals surface area contributed by atoms with E-state index in [4.69, 9.17) is 18.9 Å². The fraction of sp³-hybridized carbons (Fsp3) is 0.174. The standard InChI is InChI=1S/C23H21N3O5S/c1-5-10-31-16-8-6-14(7-9-16)11-19-22(27)26-23(32-19)24-21(25-26)15-12-17(28-2)20(30-4)18(13-15)29-3/h5-9,11-13H,1,10H2,2-4H3. The Kier molecular flexibility index (Phi) is 6.09. The molecule has 0 amide bonds. The number of hydrogen-bond acceptors (Lipinski definition) is 8. The van der Waals surface area contributed by atoms with Crippen molar-refractivity contribution in [1.82, 2.24) is 14.6 Å². The monoisotopic (exact) mass is 451 g/mol. The van der Waals surface area contributed by atoms with Crippen LogP contribution in [0.2, 0.25) is 0 Å². The number of thiazole rings is 1. The van der Waals surface area contributed by atoms with Crippen molar-refractivity contribution in [2.24, 2.45) is 0 Å². The SMILES string of the molecule is C=CCOc1ccc(C=c2sc3nc(-c4cc(OC)c(OC)c(OC)c4)nn3c2=O)cc1. The summed E-state index contributed by atoms with van der Waals surface area (Å²) in [5.74, 6) is 2.57. The molecule has 4 aromatic rings. The number of benzene rings is 2. The number of methoxy groups -OCH3 is 3. The van der Waals surface area contributed by atoms with E-state index in [1.807, 2.05) is 24.3 Å². The Bertz CT molecular complexity index is 1350. The van der Waals surface area contributed by atoms with E-state index in [0.717, 1.165) is 11.3 Å². The van der Waals surface area contributed by atoms with Crippen molar-refractivity contribution in [3.8, 4) is 34.4 Å². The summed E-state index contributed by atoms with van der Waals surface area (Å²) in [6.45, 7) is 4.07. The highest BCUT2D eigenvalue weighted by molar-refractivity contribution is 7.15. The van der Waals surface area contributed by atoms with Crippen molar-refractivity contribution in [1.29, 1.82) is 0 Å². The highest BCUT2D eigenvalue weighted by Crippen LogP contribution is 2.40. The second-order valence-corrected chi connectivity index (χ2v) is 7.64. The first-order valence-electron chi connectivity index (χ1n) is 9.63. The van der Waals surface area contributed by atoms with Crippen molar-refractivity contribution in [3.05, 3.63) is 69.5 Å². The Balaban J connectivity index is 1.70. The van der Waals surface area contributed by atoms with E-state index in [-0.39, 0.29) is 5.56 Å². The van der Waals surface area contributed by atoms with E-state index in [1.54, 1.807) is 24.3 Å². The molecule has 0 N–H and O–H groups in total. The van der Waals surface area contributed by atoms with Gasteiger partial charge in [0.15, 0.2) is 17.3 Å². The molecule has 0 aliphatic carbocycles. The van der Waals surface area contributed by atoms with Crippen molar-refractivity contribution in [2.45, 2.75) is 0 Å². The topological polar surface area (TPSA) is 84.2 Å². The summed E-state index contributed by atoms with van der Waals surface area (Å²) in [5, 5.41) is 4.40. The first-order valence-corrected chi connectivity index (χ1v) is 10.4. The summed E-state index contributed by atoms with van der Waals surface area (Å²) >= 11 is 1.27. The van der Waals surface area contributed by atoms with Crippen molar-refractivity contribution < 1.29 is 18.9 Å². The van der Waals surface area contributed by atoms with Gasteiger partial charge >= 0.3 is 0 Å². The van der Waals surface area contributed by atoms with Gasteiger partial charge in [-0.3, -0.25) is 4.79 Å². The molecule has 4 rings (SSSR count). The van der Waals surface area contributed by atoms with Gasteiger partial charge in [-0.1, -0.05) is 36.1 Å². The second-order valence-electron chi connectivity index (χ2n) is 6.63. The smallest absolute Gasteiger partial charge is 0.291 e. The molecule has 32 heavy (non-hydrogen) atoms. The maximum absolute atomic E-state index is 12.9. The Labute approximate surface area is 188 Å². The van der Waals surface area contributed by atoms with E-state index >= 15 is 0 Å². The van der Waals surface area contributed by atoms with Crippen LogP contribution in [0, 0.1) is 0 Å². The number of fused-ring (bicyclic) bond motifs is 1. The van der Waals surface area contributed by atoms with Crippen LogP contribution in [0.15, 0.2) is 53.8 Å². The Morgan fingerprint density at radius 3 is 2.31 bits per heavy atom. The number of rotatable bonds is 8. The Morgan fingerprint density at radius 2 is 1.75 bits per heavy atom. The molecule has 8 nitrogen and oxygen atoms in total. The predicted molar refractivity (Wildman–Crippen MR) is 123 cm³/mol. The molecular weight excluding hydrogens is 430 g/mol. The van der Waals surface area contributed by atoms with Gasteiger partial charge in [0.05, 0.1) is 25.9 Å². The van der Waals surface area contributed by atoms with Gasteiger partial charge in [0.1, 0.15) is 12.4 Å². The van der Waals surface area contributed by atoms with E-state index in [1.165, 1.54) is 37.2 Å². The van der Waals surface area contributed by atoms with Gasteiger partial charge in [-0.05, 0) is 35.9 Å². The summed E-state index contributed by atoms with van der Waals surface area (Å²) in [6, 6.07) is 10.9. The number of aromatic nitrogens is 3. The van der Waals surface area contributed by atoms with E-state index < -0.39 is 0 Å². The highest BCUT2D eigenvalue weighted by atomic mass is 32.1. The molecule has 0 bridgehead atoms. The predicted octanol–water partition coefficient (Wildman–Crippen LogP) is 2.96. The molecule has 164 valence electrons. The molecule has 2 aromatic heterocycles. The molecule has 0 saturated heterocycles. The van der Waals surface area contributed by atoms with Crippen LogP contribution in [0.25, 0.3) is 22.4 Å². The molecule has 0 spiro atoms. The summed E-state index contributed by atoms with van der Waals surface area (Å²) in [7, 11) is 4.61. The first kappa shape index (κ1) is 21.4. The largest absolute Gasteiger partial charge is 0.493 e. The summed E-state index contributed by atoms with van der Waals surface area (Å²) in [5.41, 5.74) is 1.29. The van der Waals surface area contributed by atoms with Gasteiger partial charge in [-0.15, -0.1) is 5.10 Å². The summed E-state index contributed by atoms with van der Waals surface area (Å²) in [6.07, 6.45) is 3.49. The van der Waals surface area contributed by atoms with Crippen LogP contribution >= 0.6 is 11.3 Å². The minimum absolute atomic E-state index is 0.233. The maximum Gasteiger partial charge on any atom is 0.291 e. The third kappa shape index (κ3) is 4.02. The molecule has 0 radical (unpaired) electrons. The van der Waals surface area contributed by atoms with Gasteiger partial charge in [0.25, 0.3) is 5.56 Å². The zero-order chi connectivity index (χ0) is 22.7. The third-order valence-electron chi connectivity index (χ3n) is 4.65. The van der Waals surface area contributed by atoms with E-state index in [9.17, 15) is 4.79 Å². The maximum atomic E-state index is 12.9. The van der Waals surface area contributed by atoms with Gasteiger partial charge in [-0.25, -0.2) is 0 Å². The number of nitrogens with zero attached hydrogens (tertiary/aromatic N) is 3. The number of ether oxygens (including phenoxy) is 4. The van der Waals surface area contributed by atoms with E-state index in [2.05, 4.69) is 16.7 Å². The number of hydrogen-bond donors (Lipinski definition) is 0. The molecular formula is C23H21N3O5S. The molecule has 0 atom stereocenters. The fourth-order valence-corrected chi connectivity index (χ4v) is 4.04. The lowest BCUT2D eigenvalue weighted by Crippen LogP contribution is -2.23. The fourth-order valence-electron chi connectivity index (χ4n) is 3.13. The zero-order valence-electron chi connectivity index (χ0n) is 17.8. The summed E-state index contributed by atoms with van der Waals surface area (Å²) in [4.78, 5) is 17.9. The van der Waals surface area contributed by atoms with Crippen LogP contribution in [-0.4, -0.2) is 42.5 Å². The molecule has 2 heterocycles. The molecule has 0 aliphatic rings. The lowest BCUT2D eigenvalue weighted by atomic mass is 10.1. The van der Waals surface area contributed by atoms with Gasteiger partial charge in [0.2, 0.25) is 10.7 Å². The van der Waals surface area contributed by atoms with Crippen molar-refractivity contribution in [2.75, 3.05) is 27.9 Å². The average molecular weight is 452 g/mol. The Hall–Kier alpha value is -3.85. The van der Waals surface area contributed by atoms with E-state index in [0.29, 0.717) is 44.7 Å². The molecule has 0 unspecified atom stereocenters. The molecule has 2 aromatic carbocycles.